The molecule has 0 aromatic heterocycles. The maximum absolute atomic E-state index is 13.3. The molecule has 2 aliphatic carbocycles. The molecule has 2 amide bonds. The van der Waals surface area contributed by atoms with Crippen molar-refractivity contribution in [1.82, 2.24) is 4.90 Å². The van der Waals surface area contributed by atoms with E-state index in [0.29, 0.717) is 19.6 Å². The molecule has 0 unspecified atom stereocenters. The molecule has 3 aliphatic rings. The zero-order valence-corrected chi connectivity index (χ0v) is 23.7. The summed E-state index contributed by atoms with van der Waals surface area (Å²) in [7, 11) is 0. The fourth-order valence-electron chi connectivity index (χ4n) is 6.15. The molecule has 0 spiro atoms. The molecule has 2 aromatic rings. The van der Waals surface area contributed by atoms with Crippen molar-refractivity contribution >= 4 is 23.2 Å². The molecule has 5 rings (SSSR count). The molecule has 2 saturated carbocycles. The number of piperidine rings is 1. The van der Waals surface area contributed by atoms with Crippen LogP contribution in [-0.2, 0) is 16.1 Å². The van der Waals surface area contributed by atoms with Gasteiger partial charge in [0, 0.05) is 38.0 Å². The number of nitrogens with zero attached hydrogens (tertiary/aromatic N) is 2. The van der Waals surface area contributed by atoms with Crippen LogP contribution in [0.4, 0.5) is 11.4 Å². The molecule has 6 nitrogen and oxygen atoms in total. The summed E-state index contributed by atoms with van der Waals surface area (Å²) in [5, 5.41) is 3.36. The van der Waals surface area contributed by atoms with Crippen LogP contribution in [0.1, 0.15) is 76.7 Å². The third-order valence-corrected chi connectivity index (χ3v) is 8.86. The summed E-state index contributed by atoms with van der Waals surface area (Å²) in [5.41, 5.74) is 11.1. The third-order valence-electron chi connectivity index (χ3n) is 8.86. The van der Waals surface area contributed by atoms with Crippen LogP contribution in [0.2, 0.25) is 0 Å². The number of hydrogen-bond donors (Lipinski definition) is 2. The molecule has 0 bridgehead atoms. The molecule has 0 atom stereocenters. The minimum Gasteiger partial charge on any atom is -0.370 e. The van der Waals surface area contributed by atoms with Gasteiger partial charge in [0.2, 0.25) is 11.8 Å². The maximum Gasteiger partial charge on any atom is 0.227 e. The number of rotatable bonds is 10. The highest BCUT2D eigenvalue weighted by atomic mass is 16.2. The van der Waals surface area contributed by atoms with E-state index >= 15 is 0 Å². The van der Waals surface area contributed by atoms with Gasteiger partial charge in [0.15, 0.2) is 0 Å². The molecule has 1 aliphatic heterocycles. The van der Waals surface area contributed by atoms with E-state index < -0.39 is 0 Å². The van der Waals surface area contributed by atoms with E-state index in [1.807, 2.05) is 4.90 Å². The van der Waals surface area contributed by atoms with Crippen LogP contribution in [0.3, 0.4) is 0 Å². The summed E-state index contributed by atoms with van der Waals surface area (Å²) in [6, 6.07) is 15.0. The van der Waals surface area contributed by atoms with Gasteiger partial charge in [0.25, 0.3) is 0 Å². The van der Waals surface area contributed by atoms with Crippen molar-refractivity contribution in [3.8, 4) is 11.1 Å². The average Bonchev–Trinajstić information content (AvgIpc) is 3.82. The van der Waals surface area contributed by atoms with Crippen molar-refractivity contribution in [2.45, 2.75) is 77.7 Å². The molecule has 3 fully saturated rings. The van der Waals surface area contributed by atoms with Gasteiger partial charge < -0.3 is 20.9 Å². The number of nitrogens with one attached hydrogen (secondary N) is 1. The molecule has 1 heterocycles. The summed E-state index contributed by atoms with van der Waals surface area (Å²) >= 11 is 0. The van der Waals surface area contributed by atoms with Gasteiger partial charge in [-0.2, -0.15) is 0 Å². The Morgan fingerprint density at radius 1 is 0.923 bits per heavy atom. The van der Waals surface area contributed by atoms with Gasteiger partial charge in [-0.3, -0.25) is 9.59 Å². The van der Waals surface area contributed by atoms with E-state index in [9.17, 15) is 9.59 Å². The largest absolute Gasteiger partial charge is 0.370 e. The monoisotopic (exact) mass is 530 g/mol. The van der Waals surface area contributed by atoms with Crippen molar-refractivity contribution in [3.05, 3.63) is 48.0 Å². The number of hydrogen-bond acceptors (Lipinski definition) is 4. The van der Waals surface area contributed by atoms with E-state index in [1.54, 1.807) is 0 Å². The van der Waals surface area contributed by atoms with Gasteiger partial charge in [-0.1, -0.05) is 50.5 Å². The Hall–Kier alpha value is -2.86. The van der Waals surface area contributed by atoms with Crippen LogP contribution in [0.15, 0.2) is 42.5 Å². The highest BCUT2D eigenvalue weighted by Crippen LogP contribution is 2.36. The van der Waals surface area contributed by atoms with Gasteiger partial charge in [-0.15, -0.1) is 0 Å². The second-order valence-electron chi connectivity index (χ2n) is 12.1. The van der Waals surface area contributed by atoms with Crippen LogP contribution >= 0.6 is 0 Å². The van der Waals surface area contributed by atoms with Crippen LogP contribution < -0.4 is 16.0 Å². The van der Waals surface area contributed by atoms with Gasteiger partial charge in [-0.25, -0.2) is 0 Å². The first-order chi connectivity index (χ1) is 19.0. The first-order valence-corrected chi connectivity index (χ1v) is 15.3. The molecule has 210 valence electrons. The van der Waals surface area contributed by atoms with E-state index in [2.05, 4.69) is 59.6 Å². The normalized spacial score (nSPS) is 18.7. The number of amides is 2. The number of benzene rings is 2. The zero-order chi connectivity index (χ0) is 27.2. The van der Waals surface area contributed by atoms with Crippen molar-refractivity contribution in [3.63, 3.8) is 0 Å². The standard InChI is InChI=1S/C33H46N4O2/c1-24-15-19-36(20-16-24)31-14-13-29(22-30(31)35-32(38)26-8-3-2-4-9-26)28-10-5-7-25(21-28)23-37(18-6-17-34)33(39)27-11-12-27/h5,7,10,13-14,21-22,24,26-27H,2-4,6,8-9,11-12,15-20,23,34H2,1H3,(H,35,38). The van der Waals surface area contributed by atoms with Gasteiger partial charge in [-0.05, 0) is 92.3 Å². The number of carbonyl (C=O) groups is 2. The highest BCUT2D eigenvalue weighted by Gasteiger charge is 2.33. The molecule has 3 N–H and O–H groups in total. The summed E-state index contributed by atoms with van der Waals surface area (Å²) in [5.74, 6) is 1.50. The van der Waals surface area contributed by atoms with Gasteiger partial charge in [0.1, 0.15) is 0 Å². The first kappa shape index (κ1) is 27.7. The van der Waals surface area contributed by atoms with Crippen LogP contribution in [0.5, 0.6) is 0 Å². The predicted octanol–water partition coefficient (Wildman–Crippen LogP) is 6.20. The molecule has 2 aromatic carbocycles. The van der Waals surface area contributed by atoms with Crippen molar-refractivity contribution < 1.29 is 9.59 Å². The Balaban J connectivity index is 1.39. The Morgan fingerprint density at radius 3 is 2.38 bits per heavy atom. The maximum atomic E-state index is 13.3. The summed E-state index contributed by atoms with van der Waals surface area (Å²) in [6.45, 7) is 6.28. The lowest BCUT2D eigenvalue weighted by atomic mass is 9.88. The fraction of sp³-hybridized carbons (Fsp3) is 0.576. The second-order valence-corrected chi connectivity index (χ2v) is 12.1. The van der Waals surface area contributed by atoms with Gasteiger partial charge >= 0.3 is 0 Å². The Labute approximate surface area is 234 Å². The van der Waals surface area contributed by atoms with Crippen molar-refractivity contribution in [2.75, 3.05) is 36.4 Å². The lowest BCUT2D eigenvalue weighted by Crippen LogP contribution is -2.34. The lowest BCUT2D eigenvalue weighted by molar-refractivity contribution is -0.133. The smallest absolute Gasteiger partial charge is 0.227 e. The highest BCUT2D eigenvalue weighted by molar-refractivity contribution is 5.97. The molecular weight excluding hydrogens is 484 g/mol. The number of anilines is 2. The lowest BCUT2D eigenvalue weighted by Gasteiger charge is -2.34. The van der Waals surface area contributed by atoms with E-state index in [0.717, 1.165) is 92.0 Å². The van der Waals surface area contributed by atoms with Crippen LogP contribution in [0, 0.1) is 17.8 Å². The predicted molar refractivity (Wildman–Crippen MR) is 160 cm³/mol. The second kappa shape index (κ2) is 13.0. The summed E-state index contributed by atoms with van der Waals surface area (Å²) in [4.78, 5) is 30.6. The topological polar surface area (TPSA) is 78.7 Å². The Kier molecular flexibility index (Phi) is 9.23. The van der Waals surface area contributed by atoms with Crippen LogP contribution in [-0.4, -0.2) is 42.9 Å². The Bertz CT molecular complexity index is 1130. The quantitative estimate of drug-likeness (QED) is 0.384. The molecule has 1 saturated heterocycles. The van der Waals surface area contributed by atoms with E-state index in [4.69, 9.17) is 5.73 Å². The number of nitrogens with two attached hydrogens (primary N) is 1. The Morgan fingerprint density at radius 2 is 1.67 bits per heavy atom. The average molecular weight is 531 g/mol. The molecule has 39 heavy (non-hydrogen) atoms. The number of carbonyl (C=O) groups excluding carboxylic acids is 2. The molecule has 6 heteroatoms. The van der Waals surface area contributed by atoms with Crippen molar-refractivity contribution in [1.29, 1.82) is 0 Å². The molecule has 0 radical (unpaired) electrons. The van der Waals surface area contributed by atoms with Crippen molar-refractivity contribution in [2.24, 2.45) is 23.5 Å². The zero-order valence-electron chi connectivity index (χ0n) is 23.7. The SMILES string of the molecule is CC1CCN(c2ccc(-c3cccc(CN(CCCN)C(=O)C4CC4)c3)cc2NC(=O)C2CCCCC2)CC1. The first-order valence-electron chi connectivity index (χ1n) is 15.3. The fourth-order valence-corrected chi connectivity index (χ4v) is 6.15. The van der Waals surface area contributed by atoms with E-state index in [-0.39, 0.29) is 23.7 Å². The minimum atomic E-state index is 0.114. The minimum absolute atomic E-state index is 0.114. The van der Waals surface area contributed by atoms with Gasteiger partial charge in [0.05, 0.1) is 11.4 Å². The third kappa shape index (κ3) is 7.21. The molecular formula is C33H46N4O2. The van der Waals surface area contributed by atoms with E-state index in [1.165, 1.54) is 19.3 Å². The van der Waals surface area contributed by atoms with Crippen LogP contribution in [0.25, 0.3) is 11.1 Å². The summed E-state index contributed by atoms with van der Waals surface area (Å²) in [6.07, 6.45) is 10.7. The summed E-state index contributed by atoms with van der Waals surface area (Å²) < 4.78 is 0.